The van der Waals surface area contributed by atoms with Gasteiger partial charge in [0.2, 0.25) is 0 Å². The van der Waals surface area contributed by atoms with Gasteiger partial charge < -0.3 is 10.0 Å². The molecule has 0 aliphatic carbocycles. The smallest absolute Gasteiger partial charge is 0.0761 e. The molecule has 0 unspecified atom stereocenters. The van der Waals surface area contributed by atoms with E-state index in [-0.39, 0.29) is 6.10 Å². The molecule has 1 N–H and O–H groups in total. The lowest BCUT2D eigenvalue weighted by Crippen LogP contribution is -2.43. The van der Waals surface area contributed by atoms with Gasteiger partial charge in [-0.2, -0.15) is 11.8 Å². The molecular weight excluding hydrogens is 230 g/mol. The van der Waals surface area contributed by atoms with Gasteiger partial charge in [0.25, 0.3) is 0 Å². The highest BCUT2D eigenvalue weighted by atomic mass is 32.2. The molecule has 94 valence electrons. The minimum absolute atomic E-state index is 0.335. The Morgan fingerprint density at radius 2 is 1.94 bits per heavy atom. The van der Waals surface area contributed by atoms with Crippen LogP contribution in [0.2, 0.25) is 0 Å². The minimum Gasteiger partial charge on any atom is -0.389 e. The first-order valence-corrected chi connectivity index (χ1v) is 7.13. The van der Waals surface area contributed by atoms with Crippen molar-refractivity contribution in [1.29, 1.82) is 0 Å². The zero-order chi connectivity index (χ0) is 12.5. The maximum Gasteiger partial charge on any atom is 0.0761 e. The highest BCUT2D eigenvalue weighted by Gasteiger charge is 2.26. The van der Waals surface area contributed by atoms with Crippen LogP contribution in [-0.2, 0) is 0 Å². The van der Waals surface area contributed by atoms with Crippen LogP contribution in [0.25, 0.3) is 0 Å². The minimum atomic E-state index is -0.377. The third-order valence-electron chi connectivity index (χ3n) is 3.17. The van der Waals surface area contributed by atoms with E-state index in [1.165, 1.54) is 11.4 Å². The fourth-order valence-corrected chi connectivity index (χ4v) is 3.31. The second-order valence-electron chi connectivity index (χ2n) is 5.30. The van der Waals surface area contributed by atoms with Crippen LogP contribution in [-0.4, -0.2) is 28.7 Å². The van der Waals surface area contributed by atoms with Gasteiger partial charge in [-0.25, -0.2) is 0 Å². The van der Waals surface area contributed by atoms with E-state index < -0.39 is 0 Å². The van der Waals surface area contributed by atoms with Crippen LogP contribution in [0.4, 0.5) is 5.69 Å². The summed E-state index contributed by atoms with van der Waals surface area (Å²) in [6.45, 7) is 8.60. The highest BCUT2D eigenvalue weighted by Crippen LogP contribution is 2.32. The summed E-state index contributed by atoms with van der Waals surface area (Å²) in [5.74, 6) is 1.19. The molecule has 0 aromatic heterocycles. The van der Waals surface area contributed by atoms with Gasteiger partial charge in [-0.1, -0.05) is 12.1 Å². The van der Waals surface area contributed by atoms with Gasteiger partial charge in [-0.15, -0.1) is 0 Å². The van der Waals surface area contributed by atoms with Crippen LogP contribution in [0.5, 0.6) is 0 Å². The summed E-state index contributed by atoms with van der Waals surface area (Å²) in [6.07, 6.45) is -0.377. The maximum atomic E-state index is 9.49. The lowest BCUT2D eigenvalue weighted by Gasteiger charge is -2.39. The summed E-state index contributed by atoms with van der Waals surface area (Å²) >= 11 is 2.05. The molecule has 0 amide bonds. The van der Waals surface area contributed by atoms with Crippen LogP contribution in [0, 0.1) is 0 Å². The van der Waals surface area contributed by atoms with Gasteiger partial charge in [-0.05, 0) is 38.5 Å². The molecule has 2 rings (SSSR count). The van der Waals surface area contributed by atoms with Gasteiger partial charge in [0.1, 0.15) is 0 Å². The summed E-state index contributed by atoms with van der Waals surface area (Å²) in [5.41, 5.74) is 2.25. The molecule has 1 aromatic rings. The molecule has 1 heterocycles. The Morgan fingerprint density at radius 1 is 1.29 bits per heavy atom. The summed E-state index contributed by atoms with van der Waals surface area (Å²) in [7, 11) is 0. The Bertz CT molecular complexity index is 372. The van der Waals surface area contributed by atoms with Crippen molar-refractivity contribution in [3.8, 4) is 0 Å². The molecular formula is C14H21NOS. The predicted molar refractivity (Wildman–Crippen MR) is 75.8 cm³/mol. The van der Waals surface area contributed by atoms with Gasteiger partial charge >= 0.3 is 0 Å². The fraction of sp³-hybridized carbons (Fsp3) is 0.571. The Hall–Kier alpha value is -0.670. The molecule has 1 fully saturated rings. The van der Waals surface area contributed by atoms with Gasteiger partial charge in [-0.3, -0.25) is 0 Å². The fourth-order valence-electron chi connectivity index (χ4n) is 2.20. The first-order chi connectivity index (χ1) is 7.98. The third-order valence-corrected chi connectivity index (χ3v) is 4.46. The van der Waals surface area contributed by atoms with E-state index >= 15 is 0 Å². The number of hydrogen-bond donors (Lipinski definition) is 1. The zero-order valence-electron chi connectivity index (χ0n) is 10.8. The second kappa shape index (κ2) is 4.91. The molecule has 1 aliphatic rings. The van der Waals surface area contributed by atoms with Gasteiger partial charge in [0, 0.05) is 29.3 Å². The number of hydrogen-bond acceptors (Lipinski definition) is 3. The Balaban J connectivity index is 2.12. The summed E-state index contributed by atoms with van der Waals surface area (Å²) < 4.78 is 0.335. The first-order valence-electron chi connectivity index (χ1n) is 6.15. The largest absolute Gasteiger partial charge is 0.389 e. The lowest BCUT2D eigenvalue weighted by atomic mass is 10.1. The third kappa shape index (κ3) is 3.17. The number of nitrogens with zero attached hydrogens (tertiary/aromatic N) is 1. The van der Waals surface area contributed by atoms with Gasteiger partial charge in [0.15, 0.2) is 0 Å². The lowest BCUT2D eigenvalue weighted by molar-refractivity contribution is 0.199. The van der Waals surface area contributed by atoms with Crippen LogP contribution in [0.1, 0.15) is 32.4 Å². The van der Waals surface area contributed by atoms with Crippen LogP contribution < -0.4 is 4.90 Å². The Kier molecular flexibility index (Phi) is 3.69. The molecule has 1 atom stereocenters. The predicted octanol–water partition coefficient (Wildman–Crippen LogP) is 3.07. The molecule has 2 nitrogen and oxygen atoms in total. The monoisotopic (exact) mass is 251 g/mol. The summed E-state index contributed by atoms with van der Waals surface area (Å²) in [6, 6.07) is 8.28. The van der Waals surface area contributed by atoms with Crippen molar-refractivity contribution >= 4 is 17.4 Å². The van der Waals surface area contributed by atoms with Crippen LogP contribution in [0.15, 0.2) is 24.3 Å². The molecule has 1 aromatic carbocycles. The van der Waals surface area contributed by atoms with E-state index in [1.54, 1.807) is 6.92 Å². The Labute approximate surface area is 108 Å². The van der Waals surface area contributed by atoms with Crippen molar-refractivity contribution in [2.75, 3.05) is 23.7 Å². The van der Waals surface area contributed by atoms with E-state index in [4.69, 9.17) is 0 Å². The van der Waals surface area contributed by atoms with Crippen molar-refractivity contribution in [1.82, 2.24) is 0 Å². The van der Waals surface area contributed by atoms with E-state index in [2.05, 4.69) is 30.9 Å². The van der Waals surface area contributed by atoms with Crippen molar-refractivity contribution in [2.45, 2.75) is 31.6 Å². The average molecular weight is 251 g/mol. The molecule has 0 bridgehead atoms. The van der Waals surface area contributed by atoms with Crippen LogP contribution >= 0.6 is 11.8 Å². The number of aliphatic hydroxyl groups is 1. The molecule has 3 heteroatoms. The van der Waals surface area contributed by atoms with Crippen molar-refractivity contribution in [3.05, 3.63) is 29.8 Å². The number of anilines is 1. The number of rotatable bonds is 2. The summed E-state index contributed by atoms with van der Waals surface area (Å²) in [5, 5.41) is 9.49. The van der Waals surface area contributed by atoms with E-state index in [9.17, 15) is 5.11 Å². The average Bonchev–Trinajstić information content (AvgIpc) is 2.28. The van der Waals surface area contributed by atoms with Gasteiger partial charge in [0.05, 0.1) is 6.10 Å². The van der Waals surface area contributed by atoms with Crippen LogP contribution in [0.3, 0.4) is 0 Å². The quantitative estimate of drug-likeness (QED) is 0.874. The van der Waals surface area contributed by atoms with E-state index in [0.29, 0.717) is 4.75 Å². The normalized spacial score (nSPS) is 21.3. The zero-order valence-corrected chi connectivity index (χ0v) is 11.6. The van der Waals surface area contributed by atoms with Crippen molar-refractivity contribution in [3.63, 3.8) is 0 Å². The van der Waals surface area contributed by atoms with E-state index in [0.717, 1.165) is 18.7 Å². The SMILES string of the molecule is C[C@H](O)c1ccc(N2CCSC(C)(C)C2)cc1. The number of benzene rings is 1. The molecule has 0 saturated carbocycles. The molecule has 1 saturated heterocycles. The summed E-state index contributed by atoms with van der Waals surface area (Å²) in [4.78, 5) is 2.43. The number of thioether (sulfide) groups is 1. The molecule has 0 spiro atoms. The molecule has 1 aliphatic heterocycles. The standard InChI is InChI=1S/C14H21NOS/c1-11(16)12-4-6-13(7-5-12)15-8-9-17-14(2,3)10-15/h4-7,11,16H,8-10H2,1-3H3/t11-/m0/s1. The van der Waals surface area contributed by atoms with E-state index in [1.807, 2.05) is 23.9 Å². The topological polar surface area (TPSA) is 23.5 Å². The van der Waals surface area contributed by atoms with Crippen molar-refractivity contribution < 1.29 is 5.11 Å². The number of aliphatic hydroxyl groups excluding tert-OH is 1. The molecule has 17 heavy (non-hydrogen) atoms. The van der Waals surface area contributed by atoms with Crippen molar-refractivity contribution in [2.24, 2.45) is 0 Å². The first kappa shape index (κ1) is 12.8. The highest BCUT2D eigenvalue weighted by molar-refractivity contribution is 8.00. The Morgan fingerprint density at radius 3 is 2.47 bits per heavy atom. The second-order valence-corrected chi connectivity index (χ2v) is 7.10. The maximum absolute atomic E-state index is 9.49. The molecule has 0 radical (unpaired) electrons.